The fourth-order valence-electron chi connectivity index (χ4n) is 3.42. The van der Waals surface area contributed by atoms with Crippen molar-refractivity contribution in [3.05, 3.63) is 59.1 Å². The summed E-state index contributed by atoms with van der Waals surface area (Å²) in [6.07, 6.45) is 2.77. The number of carbonyl (C=O) groups is 2. The maximum atomic E-state index is 13.5. The first-order chi connectivity index (χ1) is 16.6. The average molecular weight is 524 g/mol. The molecule has 0 aliphatic rings. The molecule has 10 heteroatoms. The molecule has 0 spiro atoms. The summed E-state index contributed by atoms with van der Waals surface area (Å²) in [5.41, 5.74) is 0.977. The van der Waals surface area contributed by atoms with Gasteiger partial charge in [0.1, 0.15) is 18.3 Å². The predicted molar refractivity (Wildman–Crippen MR) is 139 cm³/mol. The number of ether oxygens (including phenoxy) is 1. The van der Waals surface area contributed by atoms with Crippen LogP contribution in [0.3, 0.4) is 0 Å². The maximum Gasteiger partial charge on any atom is 0.244 e. The summed E-state index contributed by atoms with van der Waals surface area (Å²) in [7, 11) is -3.80. The lowest BCUT2D eigenvalue weighted by molar-refractivity contribution is -0.139. The van der Waals surface area contributed by atoms with E-state index >= 15 is 0 Å². The first-order valence-electron chi connectivity index (χ1n) is 11.6. The fraction of sp³-hybridized carbons (Fsp3) is 0.440. The van der Waals surface area contributed by atoms with E-state index in [1.807, 2.05) is 13.8 Å². The molecule has 2 aromatic rings. The molecule has 0 aliphatic carbocycles. The molecule has 2 amide bonds. The van der Waals surface area contributed by atoms with E-state index in [0.717, 1.165) is 23.4 Å². The van der Waals surface area contributed by atoms with Crippen LogP contribution < -0.4 is 14.4 Å². The number of hydrogen-bond donors (Lipinski definition) is 1. The minimum Gasteiger partial charge on any atom is -0.494 e. The van der Waals surface area contributed by atoms with Crippen LogP contribution in [-0.2, 0) is 26.2 Å². The topological polar surface area (TPSA) is 96.0 Å². The number of sulfonamides is 1. The third-order valence-electron chi connectivity index (χ3n) is 5.41. The summed E-state index contributed by atoms with van der Waals surface area (Å²) in [5.74, 6) is -0.248. The zero-order valence-corrected chi connectivity index (χ0v) is 22.2. The molecule has 0 aromatic heterocycles. The highest BCUT2D eigenvalue weighted by Gasteiger charge is 2.30. The Hall–Kier alpha value is -2.78. The van der Waals surface area contributed by atoms with E-state index in [4.69, 9.17) is 16.3 Å². The largest absolute Gasteiger partial charge is 0.494 e. The molecule has 0 heterocycles. The Balaban J connectivity index is 2.34. The molecule has 192 valence electrons. The highest BCUT2D eigenvalue weighted by Crippen LogP contribution is 2.23. The molecule has 0 bridgehead atoms. The van der Waals surface area contributed by atoms with E-state index < -0.39 is 28.5 Å². The zero-order chi connectivity index (χ0) is 26.0. The smallest absolute Gasteiger partial charge is 0.244 e. The van der Waals surface area contributed by atoms with Gasteiger partial charge in [-0.15, -0.1) is 0 Å². The highest BCUT2D eigenvalue weighted by atomic mass is 35.5. The van der Waals surface area contributed by atoms with Gasteiger partial charge in [-0.2, -0.15) is 0 Å². The van der Waals surface area contributed by atoms with E-state index in [0.29, 0.717) is 35.2 Å². The fourth-order valence-corrected chi connectivity index (χ4v) is 4.46. The second-order valence-electron chi connectivity index (χ2n) is 8.13. The van der Waals surface area contributed by atoms with Crippen LogP contribution in [0.1, 0.15) is 39.2 Å². The number of nitrogens with one attached hydrogen (secondary N) is 1. The summed E-state index contributed by atoms with van der Waals surface area (Å²) in [4.78, 5) is 27.7. The van der Waals surface area contributed by atoms with Crippen molar-refractivity contribution < 1.29 is 22.7 Å². The highest BCUT2D eigenvalue weighted by molar-refractivity contribution is 7.92. The molecule has 2 rings (SSSR count). The molecular formula is C25H34ClN3O5S. The van der Waals surface area contributed by atoms with Gasteiger partial charge in [-0.1, -0.05) is 43.1 Å². The summed E-state index contributed by atoms with van der Waals surface area (Å²) in [6, 6.07) is 12.7. The van der Waals surface area contributed by atoms with E-state index in [1.54, 1.807) is 55.5 Å². The Morgan fingerprint density at radius 3 is 2.31 bits per heavy atom. The minimum absolute atomic E-state index is 0.0573. The van der Waals surface area contributed by atoms with Crippen molar-refractivity contribution in [2.24, 2.45) is 0 Å². The van der Waals surface area contributed by atoms with Crippen molar-refractivity contribution in [3.63, 3.8) is 0 Å². The Bertz CT molecular complexity index is 1090. The normalized spacial score (nSPS) is 12.0. The molecule has 1 atom stereocenters. The Morgan fingerprint density at radius 2 is 1.74 bits per heavy atom. The van der Waals surface area contributed by atoms with Gasteiger partial charge in [-0.05, 0) is 56.2 Å². The van der Waals surface area contributed by atoms with Crippen LogP contribution in [0.15, 0.2) is 48.5 Å². The molecule has 2 aromatic carbocycles. The average Bonchev–Trinajstić information content (AvgIpc) is 2.81. The number of benzene rings is 2. The number of amides is 2. The summed E-state index contributed by atoms with van der Waals surface area (Å²) in [5, 5.41) is 3.30. The number of anilines is 1. The molecule has 0 aliphatic heterocycles. The molecule has 0 saturated carbocycles. The van der Waals surface area contributed by atoms with Gasteiger partial charge in [0.05, 0.1) is 18.6 Å². The third-order valence-corrected chi connectivity index (χ3v) is 6.92. The lowest BCUT2D eigenvalue weighted by Gasteiger charge is -2.31. The number of hydrogen-bond acceptors (Lipinski definition) is 5. The van der Waals surface area contributed by atoms with Crippen molar-refractivity contribution in [2.45, 2.75) is 46.2 Å². The SMILES string of the molecule is CCCCNC(=O)[C@H](C)N(Cc1ccccc1Cl)C(=O)CN(c1ccc(OCC)cc1)S(C)(=O)=O. The van der Waals surface area contributed by atoms with Gasteiger partial charge in [0.15, 0.2) is 0 Å². The van der Waals surface area contributed by atoms with Crippen molar-refractivity contribution in [2.75, 3.05) is 30.3 Å². The van der Waals surface area contributed by atoms with Crippen LogP contribution in [0.4, 0.5) is 5.69 Å². The molecule has 0 saturated heterocycles. The summed E-state index contributed by atoms with van der Waals surface area (Å²) >= 11 is 6.32. The number of carbonyl (C=O) groups excluding carboxylic acids is 2. The molecule has 0 fully saturated rings. The molecule has 8 nitrogen and oxygen atoms in total. The summed E-state index contributed by atoms with van der Waals surface area (Å²) in [6.45, 7) is 6.05. The van der Waals surface area contributed by atoms with Crippen LogP contribution in [0.2, 0.25) is 5.02 Å². The van der Waals surface area contributed by atoms with E-state index in [1.165, 1.54) is 4.90 Å². The number of nitrogens with zero attached hydrogens (tertiary/aromatic N) is 2. The standard InChI is InChI=1S/C25H34ClN3O5S/c1-5-7-16-27-25(31)19(3)28(17-20-10-8-9-11-23(20)26)24(30)18-29(35(4,32)33)21-12-14-22(15-13-21)34-6-2/h8-15,19H,5-7,16-18H2,1-4H3,(H,27,31)/t19-/m0/s1. The van der Waals surface area contributed by atoms with Crippen molar-refractivity contribution in [1.82, 2.24) is 10.2 Å². The van der Waals surface area contributed by atoms with Gasteiger partial charge in [0, 0.05) is 18.1 Å². The molecule has 1 N–H and O–H groups in total. The van der Waals surface area contributed by atoms with Gasteiger partial charge < -0.3 is 15.0 Å². The predicted octanol–water partition coefficient (Wildman–Crippen LogP) is 3.84. The Morgan fingerprint density at radius 1 is 1.09 bits per heavy atom. The number of unbranched alkanes of at least 4 members (excludes halogenated alkanes) is 1. The number of rotatable bonds is 13. The molecule has 0 unspecified atom stereocenters. The van der Waals surface area contributed by atoms with E-state index in [-0.39, 0.29) is 12.5 Å². The van der Waals surface area contributed by atoms with Crippen LogP contribution in [0.5, 0.6) is 5.75 Å². The molecule has 35 heavy (non-hydrogen) atoms. The van der Waals surface area contributed by atoms with Crippen molar-refractivity contribution in [3.8, 4) is 5.75 Å². The Kier molecular flexibility index (Phi) is 10.9. The monoisotopic (exact) mass is 523 g/mol. The number of halogens is 1. The second-order valence-corrected chi connectivity index (χ2v) is 10.4. The minimum atomic E-state index is -3.80. The van der Waals surface area contributed by atoms with Gasteiger partial charge in [-0.3, -0.25) is 13.9 Å². The lowest BCUT2D eigenvalue weighted by atomic mass is 10.1. The first kappa shape index (κ1) is 28.5. The zero-order valence-electron chi connectivity index (χ0n) is 20.7. The second kappa shape index (κ2) is 13.3. The van der Waals surface area contributed by atoms with E-state index in [2.05, 4.69) is 5.32 Å². The first-order valence-corrected chi connectivity index (χ1v) is 13.8. The van der Waals surface area contributed by atoms with Crippen LogP contribution in [0.25, 0.3) is 0 Å². The van der Waals surface area contributed by atoms with Crippen LogP contribution in [-0.4, -0.2) is 57.1 Å². The van der Waals surface area contributed by atoms with Gasteiger partial charge in [0.25, 0.3) is 0 Å². The third kappa shape index (κ3) is 8.43. The lowest BCUT2D eigenvalue weighted by Crippen LogP contribution is -2.51. The van der Waals surface area contributed by atoms with E-state index in [9.17, 15) is 18.0 Å². The quantitative estimate of drug-likeness (QED) is 0.402. The van der Waals surface area contributed by atoms with Gasteiger partial charge in [-0.25, -0.2) is 8.42 Å². The van der Waals surface area contributed by atoms with Gasteiger partial charge >= 0.3 is 0 Å². The van der Waals surface area contributed by atoms with Crippen molar-refractivity contribution >= 4 is 39.1 Å². The summed E-state index contributed by atoms with van der Waals surface area (Å²) < 4.78 is 31.7. The molecular weight excluding hydrogens is 490 g/mol. The van der Waals surface area contributed by atoms with Crippen LogP contribution in [0, 0.1) is 0 Å². The Labute approximate surface area is 213 Å². The van der Waals surface area contributed by atoms with Crippen LogP contribution >= 0.6 is 11.6 Å². The maximum absolute atomic E-state index is 13.5. The molecule has 0 radical (unpaired) electrons. The van der Waals surface area contributed by atoms with Gasteiger partial charge in [0.2, 0.25) is 21.8 Å². The van der Waals surface area contributed by atoms with Crippen molar-refractivity contribution in [1.29, 1.82) is 0 Å².